The molecule has 0 saturated carbocycles. The minimum atomic E-state index is 0.176. The maximum Gasteiger partial charge on any atom is 0.124 e. The van der Waals surface area contributed by atoms with Crippen LogP contribution in [-0.4, -0.2) is 17.2 Å². The number of halogens is 1. The number of nitrogens with one attached hydrogen (secondary N) is 1. The van der Waals surface area contributed by atoms with E-state index in [-0.39, 0.29) is 5.75 Å². The lowest BCUT2D eigenvalue weighted by molar-refractivity contribution is 0.474. The van der Waals surface area contributed by atoms with E-state index < -0.39 is 0 Å². The molecule has 1 aromatic rings. The number of phenols is 1. The van der Waals surface area contributed by atoms with Crippen molar-refractivity contribution in [3.63, 3.8) is 0 Å². The lowest BCUT2D eigenvalue weighted by atomic mass is 10.1. The van der Waals surface area contributed by atoms with Crippen LogP contribution in [-0.2, 0) is 0 Å². The van der Waals surface area contributed by atoms with E-state index in [0.717, 1.165) is 0 Å². The molecule has 0 aliphatic rings. The second-order valence-corrected chi connectivity index (χ2v) is 2.14. The maximum atomic E-state index is 9.14. The third-order valence-corrected chi connectivity index (χ3v) is 1.31. The molecule has 66 valence electrons. The molecule has 0 fully saturated rings. The smallest absolute Gasteiger partial charge is 0.124 e. The molecule has 0 unspecified atom stereocenters. The molecule has 0 aromatic heterocycles. The Labute approximate surface area is 77.3 Å². The third kappa shape index (κ3) is 2.93. The van der Waals surface area contributed by atoms with Crippen LogP contribution in [0.1, 0.15) is 12.5 Å². The number of alkyl halides is 1. The quantitative estimate of drug-likeness (QED) is 0.513. The lowest BCUT2D eigenvalue weighted by Crippen LogP contribution is -1.90. The van der Waals surface area contributed by atoms with E-state index in [1.807, 2.05) is 0 Å². The second kappa shape index (κ2) is 5.61. The lowest BCUT2D eigenvalue weighted by Gasteiger charge is -1.98. The molecule has 12 heavy (non-hydrogen) atoms. The van der Waals surface area contributed by atoms with E-state index in [4.69, 9.17) is 10.5 Å². The molecule has 1 rings (SSSR count). The van der Waals surface area contributed by atoms with Crippen LogP contribution in [0.15, 0.2) is 24.3 Å². The maximum absolute atomic E-state index is 9.14. The second-order valence-electron chi connectivity index (χ2n) is 2.14. The van der Waals surface area contributed by atoms with E-state index in [9.17, 15) is 0 Å². The molecule has 0 amide bonds. The van der Waals surface area contributed by atoms with Gasteiger partial charge in [0.2, 0.25) is 0 Å². The van der Waals surface area contributed by atoms with Gasteiger partial charge >= 0.3 is 0 Å². The average Bonchev–Trinajstić information content (AvgIpc) is 2.08. The van der Waals surface area contributed by atoms with E-state index in [2.05, 4.69) is 11.6 Å². The van der Waals surface area contributed by atoms with Crippen molar-refractivity contribution < 1.29 is 5.11 Å². The Morgan fingerprint density at radius 3 is 2.17 bits per heavy atom. The van der Waals surface area contributed by atoms with Gasteiger partial charge < -0.3 is 10.5 Å². The molecule has 0 aliphatic heterocycles. The van der Waals surface area contributed by atoms with Crippen LogP contribution in [0.2, 0.25) is 0 Å². The van der Waals surface area contributed by atoms with Crippen LogP contribution in [0.4, 0.5) is 0 Å². The van der Waals surface area contributed by atoms with Gasteiger partial charge in [0.15, 0.2) is 0 Å². The fourth-order valence-electron chi connectivity index (χ4n) is 0.791. The van der Waals surface area contributed by atoms with E-state index in [1.165, 1.54) is 6.38 Å². The van der Waals surface area contributed by atoms with Crippen molar-refractivity contribution in [2.24, 2.45) is 0 Å². The summed E-state index contributed by atoms with van der Waals surface area (Å²) in [5.41, 5.74) is 0.987. The van der Waals surface area contributed by atoms with Gasteiger partial charge in [-0.05, 0) is 19.1 Å². The Balaban J connectivity index is 0.000000561. The zero-order valence-electron chi connectivity index (χ0n) is 7.13. The highest BCUT2D eigenvalue weighted by molar-refractivity contribution is 6.15. The zero-order chi connectivity index (χ0) is 9.56. The summed E-state index contributed by atoms with van der Waals surface area (Å²) in [5, 5.41) is 16.4. The Bertz CT molecular complexity index is 260. The first kappa shape index (κ1) is 11.0. The van der Waals surface area contributed by atoms with Crippen LogP contribution in [0.3, 0.4) is 0 Å². The summed E-state index contributed by atoms with van der Waals surface area (Å²) < 4.78 is 0. The molecule has 2 N–H and O–H groups in total. The molecule has 3 heteroatoms. The van der Waals surface area contributed by atoms with Crippen LogP contribution >= 0.6 is 11.6 Å². The summed E-state index contributed by atoms with van der Waals surface area (Å²) >= 11 is 4.64. The van der Waals surface area contributed by atoms with Crippen LogP contribution in [0.25, 0.3) is 0 Å². The van der Waals surface area contributed by atoms with Gasteiger partial charge in [0.25, 0.3) is 0 Å². The summed E-state index contributed by atoms with van der Waals surface area (Å²) in [5.74, 6) is 0.176. The number of phenolic OH excluding ortho intramolecular Hbond substituents is 1. The summed E-state index contributed by atoms with van der Waals surface area (Å²) in [6.45, 7) is 1.65. The summed E-state index contributed by atoms with van der Waals surface area (Å²) in [6, 6.07) is 6.83. The van der Waals surface area contributed by atoms with Gasteiger partial charge in [0.1, 0.15) is 5.75 Å². The van der Waals surface area contributed by atoms with Crippen molar-refractivity contribution in [3.05, 3.63) is 29.8 Å². The highest BCUT2D eigenvalue weighted by Gasteiger charge is 1.98. The topological polar surface area (TPSA) is 44.1 Å². The Morgan fingerprint density at radius 2 is 1.83 bits per heavy atom. The number of hydrogen-bond donors (Lipinski definition) is 2. The summed E-state index contributed by atoms with van der Waals surface area (Å²) in [7, 11) is 0. The van der Waals surface area contributed by atoms with Crippen molar-refractivity contribution in [3.8, 4) is 5.75 Å². The molecule has 0 saturated heterocycles. The van der Waals surface area contributed by atoms with Crippen molar-refractivity contribution in [2.45, 2.75) is 6.92 Å². The minimum absolute atomic E-state index is 0.176. The van der Waals surface area contributed by atoms with E-state index >= 15 is 0 Å². The molecule has 0 bridgehead atoms. The van der Waals surface area contributed by atoms with Gasteiger partial charge in [-0.15, -0.1) is 11.6 Å². The molecule has 0 radical (unpaired) electrons. The molecule has 2 nitrogen and oxygen atoms in total. The minimum Gasteiger partial charge on any atom is -0.507 e. The van der Waals surface area contributed by atoms with Gasteiger partial charge in [-0.3, -0.25) is 0 Å². The van der Waals surface area contributed by atoms with Crippen LogP contribution < -0.4 is 0 Å². The number of para-hydroxylation sites is 1. The number of benzene rings is 1. The fraction of sp³-hybridized carbons (Fsp3) is 0.222. The Hall–Kier alpha value is -1.02. The normalized spacial score (nSPS) is 8.25. The van der Waals surface area contributed by atoms with Crippen molar-refractivity contribution in [2.75, 3.05) is 6.38 Å². The molecule has 0 atom stereocenters. The molecule has 0 heterocycles. The van der Waals surface area contributed by atoms with Gasteiger partial charge in [0, 0.05) is 17.7 Å². The predicted molar refractivity (Wildman–Crippen MR) is 52.4 cm³/mol. The van der Waals surface area contributed by atoms with Crippen molar-refractivity contribution >= 4 is 17.3 Å². The highest BCUT2D eigenvalue weighted by Crippen LogP contribution is 2.15. The average molecular weight is 186 g/mol. The van der Waals surface area contributed by atoms with Crippen LogP contribution in [0.5, 0.6) is 5.75 Å². The number of rotatable bonds is 1. The van der Waals surface area contributed by atoms with Gasteiger partial charge in [-0.1, -0.05) is 12.1 Å². The third-order valence-electron chi connectivity index (χ3n) is 1.31. The first-order valence-corrected chi connectivity index (χ1v) is 4.18. The van der Waals surface area contributed by atoms with E-state index in [1.54, 1.807) is 31.2 Å². The standard InChI is InChI=1S/C8H9NO.CH3Cl/c1-6(9)7-4-2-3-5-8(7)10;1-2/h2-5,9-10H,1H3;1H3. The number of aromatic hydroxyl groups is 1. The summed E-state index contributed by atoms with van der Waals surface area (Å²) in [6.07, 6.45) is 1.47. The zero-order valence-corrected chi connectivity index (χ0v) is 7.89. The predicted octanol–water partition coefficient (Wildman–Crippen LogP) is 2.63. The van der Waals surface area contributed by atoms with Gasteiger partial charge in [0.05, 0.1) is 0 Å². The monoisotopic (exact) mass is 185 g/mol. The van der Waals surface area contributed by atoms with Crippen molar-refractivity contribution in [1.82, 2.24) is 0 Å². The molecular weight excluding hydrogens is 174 g/mol. The molecular formula is C9H12ClNO. The highest BCUT2D eigenvalue weighted by atomic mass is 35.5. The van der Waals surface area contributed by atoms with Crippen LogP contribution in [0, 0.1) is 5.41 Å². The largest absolute Gasteiger partial charge is 0.507 e. The Kier molecular flexibility index (Phi) is 5.13. The molecule has 0 spiro atoms. The molecule has 1 aromatic carbocycles. The first-order valence-electron chi connectivity index (χ1n) is 3.43. The fourth-order valence-corrected chi connectivity index (χ4v) is 0.791. The van der Waals surface area contributed by atoms with E-state index in [0.29, 0.717) is 11.3 Å². The first-order chi connectivity index (χ1) is 5.72. The van der Waals surface area contributed by atoms with Gasteiger partial charge in [-0.25, -0.2) is 0 Å². The van der Waals surface area contributed by atoms with Crippen molar-refractivity contribution in [1.29, 1.82) is 5.41 Å². The molecule has 0 aliphatic carbocycles. The van der Waals surface area contributed by atoms with Gasteiger partial charge in [-0.2, -0.15) is 0 Å². The summed E-state index contributed by atoms with van der Waals surface area (Å²) in [4.78, 5) is 0. The Morgan fingerprint density at radius 1 is 1.33 bits per heavy atom. The number of hydrogen-bond acceptors (Lipinski definition) is 2. The SMILES string of the molecule is CC(=N)c1ccccc1O.CCl.